The molecule has 7 nitrogen and oxygen atoms in total. The second-order valence-corrected chi connectivity index (χ2v) is 7.79. The van der Waals surface area contributed by atoms with Crippen LogP contribution >= 0.6 is 11.3 Å². The molecule has 148 valence electrons. The fourth-order valence-electron chi connectivity index (χ4n) is 3.32. The number of benzene rings is 2. The minimum atomic E-state index is -0.450. The highest BCUT2D eigenvalue weighted by atomic mass is 32.1. The lowest BCUT2D eigenvalue weighted by Crippen LogP contribution is -2.28. The molecule has 1 aliphatic rings. The van der Waals surface area contributed by atoms with Crippen molar-refractivity contribution in [1.82, 2.24) is 10.2 Å². The van der Waals surface area contributed by atoms with E-state index in [1.54, 1.807) is 18.1 Å². The molecule has 1 saturated heterocycles. The molecule has 29 heavy (non-hydrogen) atoms. The third kappa shape index (κ3) is 4.27. The normalized spacial score (nSPS) is 16.1. The van der Waals surface area contributed by atoms with Crippen molar-refractivity contribution in [1.29, 1.82) is 0 Å². The number of hydrogen-bond acceptors (Lipinski definition) is 6. The van der Waals surface area contributed by atoms with Gasteiger partial charge in [0.25, 0.3) is 0 Å². The predicted molar refractivity (Wildman–Crippen MR) is 111 cm³/mol. The first-order valence-corrected chi connectivity index (χ1v) is 10.1. The summed E-state index contributed by atoms with van der Waals surface area (Å²) in [5.74, 6) is -0.166. The number of methoxy groups -OCH3 is 1. The molecule has 0 unspecified atom stereocenters. The van der Waals surface area contributed by atoms with Gasteiger partial charge in [-0.2, -0.15) is 0 Å². The molecule has 4 rings (SSSR count). The first kappa shape index (κ1) is 19.1. The van der Waals surface area contributed by atoms with Crippen molar-refractivity contribution < 1.29 is 14.3 Å². The van der Waals surface area contributed by atoms with Gasteiger partial charge in [-0.1, -0.05) is 53.8 Å². The Kier molecular flexibility index (Phi) is 5.53. The zero-order chi connectivity index (χ0) is 20.2. The Morgan fingerprint density at radius 3 is 2.72 bits per heavy atom. The summed E-state index contributed by atoms with van der Waals surface area (Å²) < 4.78 is 5.34. The summed E-state index contributed by atoms with van der Waals surface area (Å²) in [6, 6.07) is 17.3. The van der Waals surface area contributed by atoms with Gasteiger partial charge >= 0.3 is 0 Å². The summed E-state index contributed by atoms with van der Waals surface area (Å²) in [7, 11) is 1.56. The van der Waals surface area contributed by atoms with Crippen molar-refractivity contribution in [3.8, 4) is 5.75 Å². The summed E-state index contributed by atoms with van der Waals surface area (Å²) in [6.07, 6.45) is 0.817. The highest BCUT2D eigenvalue weighted by molar-refractivity contribution is 7.15. The largest absolute Gasteiger partial charge is 0.495 e. The van der Waals surface area contributed by atoms with E-state index in [2.05, 4.69) is 15.5 Å². The summed E-state index contributed by atoms with van der Waals surface area (Å²) in [4.78, 5) is 26.8. The number of hydrogen-bond donors (Lipinski definition) is 1. The van der Waals surface area contributed by atoms with Crippen molar-refractivity contribution in [2.24, 2.45) is 5.92 Å². The van der Waals surface area contributed by atoms with Crippen LogP contribution in [0, 0.1) is 5.92 Å². The molecule has 0 spiro atoms. The lowest BCUT2D eigenvalue weighted by molar-refractivity contribution is -0.122. The van der Waals surface area contributed by atoms with Crippen LogP contribution in [0.25, 0.3) is 0 Å². The van der Waals surface area contributed by atoms with E-state index in [1.165, 1.54) is 11.3 Å². The van der Waals surface area contributed by atoms with Crippen molar-refractivity contribution in [3.63, 3.8) is 0 Å². The van der Waals surface area contributed by atoms with E-state index in [-0.39, 0.29) is 18.2 Å². The van der Waals surface area contributed by atoms with Crippen LogP contribution in [0.4, 0.5) is 10.8 Å². The molecule has 1 fully saturated rings. The van der Waals surface area contributed by atoms with Gasteiger partial charge in [0.1, 0.15) is 10.8 Å². The average molecular weight is 408 g/mol. The molecule has 0 radical (unpaired) electrons. The van der Waals surface area contributed by atoms with Gasteiger partial charge < -0.3 is 15.0 Å². The number of carbonyl (C=O) groups excluding carboxylic acids is 2. The molecule has 1 atom stereocenters. The molecule has 2 aromatic carbocycles. The van der Waals surface area contributed by atoms with Crippen LogP contribution in [-0.2, 0) is 16.0 Å². The molecule has 1 N–H and O–H groups in total. The number of nitrogens with one attached hydrogen (secondary N) is 1. The molecular weight excluding hydrogens is 388 g/mol. The van der Waals surface area contributed by atoms with Gasteiger partial charge in [0.15, 0.2) is 0 Å². The van der Waals surface area contributed by atoms with Crippen LogP contribution in [0.5, 0.6) is 5.75 Å². The third-order valence-corrected chi connectivity index (χ3v) is 5.61. The molecule has 8 heteroatoms. The molecule has 1 aromatic heterocycles. The van der Waals surface area contributed by atoms with E-state index in [9.17, 15) is 9.59 Å². The van der Waals surface area contributed by atoms with Crippen LogP contribution < -0.4 is 15.0 Å². The fourth-order valence-corrected chi connectivity index (χ4v) is 4.10. The van der Waals surface area contributed by atoms with Gasteiger partial charge in [-0.3, -0.25) is 9.59 Å². The summed E-state index contributed by atoms with van der Waals surface area (Å²) in [5.41, 5.74) is 1.81. The number of rotatable bonds is 6. The Morgan fingerprint density at radius 2 is 1.93 bits per heavy atom. The van der Waals surface area contributed by atoms with Crippen LogP contribution in [0.15, 0.2) is 54.6 Å². The highest BCUT2D eigenvalue weighted by Crippen LogP contribution is 2.33. The highest BCUT2D eigenvalue weighted by Gasteiger charge is 2.36. The Labute approximate surface area is 172 Å². The maximum absolute atomic E-state index is 12.7. The number of anilines is 2. The van der Waals surface area contributed by atoms with Gasteiger partial charge in [-0.15, -0.1) is 10.2 Å². The van der Waals surface area contributed by atoms with E-state index in [4.69, 9.17) is 4.74 Å². The maximum Gasteiger partial charge on any atom is 0.231 e. The van der Waals surface area contributed by atoms with E-state index in [0.717, 1.165) is 10.6 Å². The standard InChI is InChI=1S/C21H20N4O3S/c1-28-17-10-6-5-9-16(17)25-13-15(12-19(25)26)20(27)22-21-24-23-18(29-21)11-14-7-3-2-4-8-14/h2-10,15H,11-13H2,1H3,(H,22,24,27)/t15-/m1/s1. The lowest BCUT2D eigenvalue weighted by Gasteiger charge is -2.19. The number of nitrogens with zero attached hydrogens (tertiary/aromatic N) is 3. The Balaban J connectivity index is 1.40. The Bertz CT molecular complexity index is 1020. The summed E-state index contributed by atoms with van der Waals surface area (Å²) in [5, 5.41) is 12.3. The number of amides is 2. The van der Waals surface area contributed by atoms with Crippen LogP contribution in [-0.4, -0.2) is 35.7 Å². The third-order valence-electron chi connectivity index (χ3n) is 4.77. The maximum atomic E-state index is 12.7. The molecule has 1 aliphatic heterocycles. The zero-order valence-electron chi connectivity index (χ0n) is 15.9. The quantitative estimate of drug-likeness (QED) is 0.677. The fraction of sp³-hybridized carbons (Fsp3) is 0.238. The van der Waals surface area contributed by atoms with Gasteiger partial charge in [0, 0.05) is 19.4 Å². The smallest absolute Gasteiger partial charge is 0.231 e. The molecular formula is C21H20N4O3S. The molecule has 0 aliphatic carbocycles. The Hall–Kier alpha value is -3.26. The van der Waals surface area contributed by atoms with Crippen molar-refractivity contribution in [2.75, 3.05) is 23.9 Å². The predicted octanol–water partition coefficient (Wildman–Crippen LogP) is 3.13. The first-order chi connectivity index (χ1) is 14.1. The van der Waals surface area contributed by atoms with Gasteiger partial charge in [-0.05, 0) is 17.7 Å². The van der Waals surface area contributed by atoms with Gasteiger partial charge in [0.2, 0.25) is 16.9 Å². The van der Waals surface area contributed by atoms with Crippen molar-refractivity contribution in [2.45, 2.75) is 12.8 Å². The van der Waals surface area contributed by atoms with E-state index in [1.807, 2.05) is 48.5 Å². The van der Waals surface area contributed by atoms with E-state index in [0.29, 0.717) is 29.5 Å². The summed E-state index contributed by atoms with van der Waals surface area (Å²) >= 11 is 1.35. The minimum Gasteiger partial charge on any atom is -0.495 e. The minimum absolute atomic E-state index is 0.100. The monoisotopic (exact) mass is 408 g/mol. The van der Waals surface area contributed by atoms with E-state index < -0.39 is 5.92 Å². The number of aromatic nitrogens is 2. The van der Waals surface area contributed by atoms with Crippen LogP contribution in [0.2, 0.25) is 0 Å². The number of para-hydroxylation sites is 2. The second-order valence-electron chi connectivity index (χ2n) is 6.73. The van der Waals surface area contributed by atoms with Crippen molar-refractivity contribution >= 4 is 34.0 Å². The molecule has 3 aromatic rings. The van der Waals surface area contributed by atoms with Gasteiger partial charge in [-0.25, -0.2) is 0 Å². The topological polar surface area (TPSA) is 84.4 Å². The zero-order valence-corrected chi connectivity index (χ0v) is 16.7. The average Bonchev–Trinajstić information content (AvgIpc) is 3.35. The first-order valence-electron chi connectivity index (χ1n) is 9.24. The number of carbonyl (C=O) groups is 2. The number of ether oxygens (including phenoxy) is 1. The molecule has 2 amide bonds. The van der Waals surface area contributed by atoms with Crippen LogP contribution in [0.1, 0.15) is 17.0 Å². The summed E-state index contributed by atoms with van der Waals surface area (Å²) in [6.45, 7) is 0.306. The SMILES string of the molecule is COc1ccccc1N1C[C@H](C(=O)Nc2nnc(Cc3ccccc3)s2)CC1=O. The van der Waals surface area contributed by atoms with Crippen LogP contribution in [0.3, 0.4) is 0 Å². The Morgan fingerprint density at radius 1 is 1.17 bits per heavy atom. The molecule has 2 heterocycles. The van der Waals surface area contributed by atoms with Crippen molar-refractivity contribution in [3.05, 3.63) is 65.2 Å². The van der Waals surface area contributed by atoms with E-state index >= 15 is 0 Å². The molecule has 0 bridgehead atoms. The molecule has 0 saturated carbocycles. The van der Waals surface area contributed by atoms with Gasteiger partial charge in [0.05, 0.1) is 18.7 Å². The lowest BCUT2D eigenvalue weighted by atomic mass is 10.1. The second kappa shape index (κ2) is 8.40.